The number of hydrogen-bond acceptors (Lipinski definition) is 4. The van der Waals surface area contributed by atoms with E-state index in [9.17, 15) is 9.59 Å². The van der Waals surface area contributed by atoms with Crippen molar-refractivity contribution in [2.24, 2.45) is 0 Å². The van der Waals surface area contributed by atoms with Gasteiger partial charge in [-0.05, 0) is 6.42 Å². The molecule has 1 aromatic rings. The van der Waals surface area contributed by atoms with Crippen LogP contribution in [0.5, 0.6) is 0 Å². The van der Waals surface area contributed by atoms with Gasteiger partial charge < -0.3 is 15.3 Å². The molecule has 6 nitrogen and oxygen atoms in total. The zero-order chi connectivity index (χ0) is 12.7. The van der Waals surface area contributed by atoms with Crippen molar-refractivity contribution in [1.29, 1.82) is 0 Å². The summed E-state index contributed by atoms with van der Waals surface area (Å²) < 4.78 is 0. The number of carbonyl (C=O) groups excluding carboxylic acids is 1. The number of nitrogens with zero attached hydrogens (tertiary/aromatic N) is 2. The van der Waals surface area contributed by atoms with Crippen LogP contribution in [0.25, 0.3) is 0 Å². The van der Waals surface area contributed by atoms with Crippen molar-refractivity contribution in [3.8, 4) is 0 Å². The van der Waals surface area contributed by atoms with Gasteiger partial charge in [-0.25, -0.2) is 9.78 Å². The van der Waals surface area contributed by atoms with Crippen LogP contribution in [-0.4, -0.2) is 40.1 Å². The van der Waals surface area contributed by atoms with Crippen molar-refractivity contribution in [2.45, 2.75) is 19.9 Å². The monoisotopic (exact) mass is 257 g/mol. The highest BCUT2D eigenvalue weighted by Gasteiger charge is 2.15. The summed E-state index contributed by atoms with van der Waals surface area (Å²) in [5.74, 6) is -1.01. The quantitative estimate of drug-likeness (QED) is 0.800. The van der Waals surface area contributed by atoms with Gasteiger partial charge in [0.15, 0.2) is 0 Å². The van der Waals surface area contributed by atoms with Gasteiger partial charge in [0, 0.05) is 18.1 Å². The molecule has 17 heavy (non-hydrogen) atoms. The first kappa shape index (κ1) is 13.4. The fourth-order valence-electron chi connectivity index (χ4n) is 1.29. The Bertz CT molecular complexity index is 367. The smallest absolute Gasteiger partial charge is 0.323 e. The summed E-state index contributed by atoms with van der Waals surface area (Å²) >= 11 is 1.44. The molecule has 0 aliphatic heterocycles. The van der Waals surface area contributed by atoms with Crippen LogP contribution in [0.15, 0.2) is 11.6 Å². The van der Waals surface area contributed by atoms with Crippen LogP contribution in [0.3, 0.4) is 0 Å². The minimum Gasteiger partial charge on any atom is -0.480 e. The van der Waals surface area contributed by atoms with Crippen LogP contribution in [0, 0.1) is 0 Å². The Hall–Kier alpha value is -1.63. The first-order valence-electron chi connectivity index (χ1n) is 5.26. The Kier molecular flexibility index (Phi) is 5.41. The molecule has 0 aliphatic rings. The van der Waals surface area contributed by atoms with E-state index in [0.29, 0.717) is 13.1 Å². The molecule has 2 amide bonds. The van der Waals surface area contributed by atoms with E-state index in [1.165, 1.54) is 16.2 Å². The summed E-state index contributed by atoms with van der Waals surface area (Å²) in [6, 6.07) is -0.371. The van der Waals surface area contributed by atoms with Gasteiger partial charge in [0.05, 0.1) is 6.54 Å². The normalized spacial score (nSPS) is 9.94. The van der Waals surface area contributed by atoms with E-state index in [4.69, 9.17) is 5.11 Å². The molecule has 1 heterocycles. The number of thiazole rings is 1. The molecule has 0 saturated heterocycles. The molecule has 0 radical (unpaired) electrons. The molecule has 0 unspecified atom stereocenters. The fourth-order valence-corrected chi connectivity index (χ4v) is 1.84. The standard InChI is InChI=1S/C10H15N3O3S/c1-2-4-13(7-9(14)15)10(16)12-6-8-11-3-5-17-8/h3,5H,2,4,6-7H2,1H3,(H,12,16)(H,14,15). The molecule has 1 rings (SSSR count). The highest BCUT2D eigenvalue weighted by Crippen LogP contribution is 2.03. The molecule has 0 aromatic carbocycles. The molecule has 0 spiro atoms. The maximum absolute atomic E-state index is 11.7. The van der Waals surface area contributed by atoms with E-state index in [0.717, 1.165) is 11.4 Å². The second-order valence-corrected chi connectivity index (χ2v) is 4.38. The topological polar surface area (TPSA) is 82.5 Å². The van der Waals surface area contributed by atoms with E-state index in [1.807, 2.05) is 12.3 Å². The van der Waals surface area contributed by atoms with Crippen LogP contribution >= 0.6 is 11.3 Å². The zero-order valence-corrected chi connectivity index (χ0v) is 10.4. The molecule has 1 aromatic heterocycles. The maximum Gasteiger partial charge on any atom is 0.323 e. The predicted molar refractivity (Wildman–Crippen MR) is 63.8 cm³/mol. The average Bonchev–Trinajstić information content (AvgIpc) is 2.77. The van der Waals surface area contributed by atoms with Crippen LogP contribution in [0.2, 0.25) is 0 Å². The number of carboxylic acids is 1. The largest absolute Gasteiger partial charge is 0.480 e. The van der Waals surface area contributed by atoms with Gasteiger partial charge in [0.25, 0.3) is 0 Å². The lowest BCUT2D eigenvalue weighted by molar-refractivity contribution is -0.137. The molecule has 0 fully saturated rings. The number of aliphatic carboxylic acids is 1. The van der Waals surface area contributed by atoms with Gasteiger partial charge in [-0.1, -0.05) is 6.92 Å². The SMILES string of the molecule is CCCN(CC(=O)O)C(=O)NCc1nccs1. The van der Waals surface area contributed by atoms with E-state index >= 15 is 0 Å². The van der Waals surface area contributed by atoms with Crippen LogP contribution in [0.1, 0.15) is 18.4 Å². The second kappa shape index (κ2) is 6.85. The maximum atomic E-state index is 11.7. The van der Waals surface area contributed by atoms with Crippen molar-refractivity contribution < 1.29 is 14.7 Å². The van der Waals surface area contributed by atoms with Crippen molar-refractivity contribution in [3.05, 3.63) is 16.6 Å². The van der Waals surface area contributed by atoms with E-state index in [1.54, 1.807) is 6.20 Å². The Balaban J connectivity index is 2.44. The third-order valence-electron chi connectivity index (χ3n) is 1.98. The van der Waals surface area contributed by atoms with Crippen LogP contribution in [-0.2, 0) is 11.3 Å². The van der Waals surface area contributed by atoms with Crippen molar-refractivity contribution >= 4 is 23.3 Å². The second-order valence-electron chi connectivity index (χ2n) is 3.40. The molecule has 0 saturated carbocycles. The van der Waals surface area contributed by atoms with Gasteiger partial charge >= 0.3 is 12.0 Å². The molecule has 7 heteroatoms. The Morgan fingerprint density at radius 3 is 2.88 bits per heavy atom. The number of urea groups is 1. The summed E-state index contributed by atoms with van der Waals surface area (Å²) in [7, 11) is 0. The summed E-state index contributed by atoms with van der Waals surface area (Å²) in [6.07, 6.45) is 2.38. The number of aromatic nitrogens is 1. The summed E-state index contributed by atoms with van der Waals surface area (Å²) in [6.45, 7) is 2.37. The third-order valence-corrected chi connectivity index (χ3v) is 2.76. The molecule has 2 N–H and O–H groups in total. The van der Waals surface area contributed by atoms with Gasteiger partial charge in [-0.2, -0.15) is 0 Å². The molecule has 0 bridgehead atoms. The number of amides is 2. The van der Waals surface area contributed by atoms with Gasteiger partial charge in [-0.15, -0.1) is 11.3 Å². The zero-order valence-electron chi connectivity index (χ0n) is 9.55. The molecule has 0 aliphatic carbocycles. The Labute approximate surface area is 103 Å². The first-order valence-corrected chi connectivity index (χ1v) is 6.14. The number of hydrogen-bond donors (Lipinski definition) is 2. The predicted octanol–water partition coefficient (Wildman–Crippen LogP) is 1.15. The summed E-state index contributed by atoms with van der Waals surface area (Å²) in [4.78, 5) is 27.6. The fraction of sp³-hybridized carbons (Fsp3) is 0.500. The number of rotatable bonds is 6. The highest BCUT2D eigenvalue weighted by molar-refractivity contribution is 7.09. The number of nitrogens with one attached hydrogen (secondary N) is 1. The molecular weight excluding hydrogens is 242 g/mol. The Morgan fingerprint density at radius 1 is 1.59 bits per heavy atom. The lowest BCUT2D eigenvalue weighted by atomic mass is 10.4. The number of carbonyl (C=O) groups is 2. The molecular formula is C10H15N3O3S. The highest BCUT2D eigenvalue weighted by atomic mass is 32.1. The van der Waals surface area contributed by atoms with Crippen LogP contribution < -0.4 is 5.32 Å². The minimum absolute atomic E-state index is 0.280. The van der Waals surface area contributed by atoms with Gasteiger partial charge in [-0.3, -0.25) is 4.79 Å². The van der Waals surface area contributed by atoms with Gasteiger partial charge in [0.1, 0.15) is 11.6 Å². The lowest BCUT2D eigenvalue weighted by Gasteiger charge is -2.19. The van der Waals surface area contributed by atoms with E-state index < -0.39 is 5.97 Å². The summed E-state index contributed by atoms with van der Waals surface area (Å²) in [5, 5.41) is 13.9. The first-order chi connectivity index (χ1) is 8.13. The van der Waals surface area contributed by atoms with Crippen molar-refractivity contribution in [2.75, 3.05) is 13.1 Å². The molecule has 94 valence electrons. The number of carboxylic acid groups (broad SMARTS) is 1. The molecule has 0 atom stereocenters. The third kappa shape index (κ3) is 4.81. The summed E-state index contributed by atoms with van der Waals surface area (Å²) in [5.41, 5.74) is 0. The average molecular weight is 257 g/mol. The Morgan fingerprint density at radius 2 is 2.35 bits per heavy atom. The van der Waals surface area contributed by atoms with E-state index in [2.05, 4.69) is 10.3 Å². The minimum atomic E-state index is -1.01. The lowest BCUT2D eigenvalue weighted by Crippen LogP contribution is -2.42. The van der Waals surface area contributed by atoms with Gasteiger partial charge in [0.2, 0.25) is 0 Å². The van der Waals surface area contributed by atoms with E-state index in [-0.39, 0.29) is 12.6 Å². The van der Waals surface area contributed by atoms with Crippen molar-refractivity contribution in [1.82, 2.24) is 15.2 Å². The van der Waals surface area contributed by atoms with Crippen LogP contribution in [0.4, 0.5) is 4.79 Å². The van der Waals surface area contributed by atoms with Crippen molar-refractivity contribution in [3.63, 3.8) is 0 Å².